The van der Waals surface area contributed by atoms with Crippen LogP contribution in [-0.2, 0) is 9.59 Å². The van der Waals surface area contributed by atoms with Crippen molar-refractivity contribution in [2.75, 3.05) is 33.2 Å². The molecule has 2 aliphatic heterocycles. The number of carbonyl (C=O) groups is 2. The molecular formula is C10H17N3O2. The van der Waals surface area contributed by atoms with Crippen LogP contribution in [0.15, 0.2) is 0 Å². The second-order valence-electron chi connectivity index (χ2n) is 4.27. The van der Waals surface area contributed by atoms with Crippen molar-refractivity contribution in [1.29, 1.82) is 0 Å². The first-order valence-electron chi connectivity index (χ1n) is 5.42. The van der Waals surface area contributed by atoms with Crippen molar-refractivity contribution in [3.8, 4) is 0 Å². The van der Waals surface area contributed by atoms with Gasteiger partial charge in [-0.15, -0.1) is 0 Å². The molecule has 2 heterocycles. The van der Waals surface area contributed by atoms with Crippen molar-refractivity contribution < 1.29 is 9.59 Å². The molecule has 2 saturated heterocycles. The summed E-state index contributed by atoms with van der Waals surface area (Å²) < 4.78 is 0. The van der Waals surface area contributed by atoms with Gasteiger partial charge in [0, 0.05) is 19.6 Å². The standard InChI is InChI=1S/C10H17N3O2/c1-12-6-10(15)13(7-9(12)14)8-3-2-4-11-5-8/h8,11H,2-7H2,1H3. The highest BCUT2D eigenvalue weighted by molar-refractivity contribution is 5.92. The molecular weight excluding hydrogens is 194 g/mol. The summed E-state index contributed by atoms with van der Waals surface area (Å²) in [6.07, 6.45) is 2.09. The molecule has 2 amide bonds. The lowest BCUT2D eigenvalue weighted by molar-refractivity contribution is -0.151. The summed E-state index contributed by atoms with van der Waals surface area (Å²) >= 11 is 0. The number of amides is 2. The number of hydrogen-bond donors (Lipinski definition) is 1. The highest BCUT2D eigenvalue weighted by Crippen LogP contribution is 2.13. The molecule has 0 radical (unpaired) electrons. The molecule has 84 valence electrons. The maximum absolute atomic E-state index is 11.8. The van der Waals surface area contributed by atoms with Gasteiger partial charge in [-0.3, -0.25) is 9.59 Å². The van der Waals surface area contributed by atoms with E-state index in [0.717, 1.165) is 25.9 Å². The summed E-state index contributed by atoms with van der Waals surface area (Å²) in [5, 5.41) is 3.26. The Hall–Kier alpha value is -1.10. The van der Waals surface area contributed by atoms with Gasteiger partial charge in [0.2, 0.25) is 11.8 Å². The zero-order chi connectivity index (χ0) is 10.8. The highest BCUT2D eigenvalue weighted by Gasteiger charge is 2.32. The molecule has 5 heteroatoms. The van der Waals surface area contributed by atoms with Crippen LogP contribution < -0.4 is 5.32 Å². The Balaban J connectivity index is 2.01. The third kappa shape index (κ3) is 2.12. The molecule has 15 heavy (non-hydrogen) atoms. The molecule has 0 aromatic rings. The number of nitrogens with zero attached hydrogens (tertiary/aromatic N) is 2. The van der Waals surface area contributed by atoms with Gasteiger partial charge < -0.3 is 15.1 Å². The molecule has 2 aliphatic rings. The normalized spacial score (nSPS) is 28.5. The maximum Gasteiger partial charge on any atom is 0.242 e. The Morgan fingerprint density at radius 3 is 2.73 bits per heavy atom. The summed E-state index contributed by atoms with van der Waals surface area (Å²) in [4.78, 5) is 26.5. The molecule has 5 nitrogen and oxygen atoms in total. The lowest BCUT2D eigenvalue weighted by Crippen LogP contribution is -2.58. The van der Waals surface area contributed by atoms with Gasteiger partial charge >= 0.3 is 0 Å². The van der Waals surface area contributed by atoms with Crippen molar-refractivity contribution >= 4 is 11.8 Å². The number of rotatable bonds is 1. The fourth-order valence-electron chi connectivity index (χ4n) is 2.17. The minimum absolute atomic E-state index is 0.0418. The summed E-state index contributed by atoms with van der Waals surface area (Å²) in [5.41, 5.74) is 0. The average molecular weight is 211 g/mol. The zero-order valence-electron chi connectivity index (χ0n) is 9.03. The second-order valence-corrected chi connectivity index (χ2v) is 4.27. The molecule has 0 spiro atoms. The Labute approximate surface area is 89.4 Å². The molecule has 0 bridgehead atoms. The van der Waals surface area contributed by atoms with Gasteiger partial charge in [-0.1, -0.05) is 0 Å². The number of piperidine rings is 1. The lowest BCUT2D eigenvalue weighted by atomic mass is 10.0. The summed E-state index contributed by atoms with van der Waals surface area (Å²) in [5.74, 6) is 0.117. The van der Waals surface area contributed by atoms with E-state index >= 15 is 0 Å². The van der Waals surface area contributed by atoms with Gasteiger partial charge in [-0.2, -0.15) is 0 Å². The van der Waals surface area contributed by atoms with Crippen LogP contribution >= 0.6 is 0 Å². The molecule has 0 aromatic carbocycles. The van der Waals surface area contributed by atoms with E-state index < -0.39 is 0 Å². The molecule has 2 rings (SSSR count). The van der Waals surface area contributed by atoms with Crippen molar-refractivity contribution in [3.63, 3.8) is 0 Å². The van der Waals surface area contributed by atoms with E-state index in [2.05, 4.69) is 5.32 Å². The first-order valence-corrected chi connectivity index (χ1v) is 5.42. The lowest BCUT2D eigenvalue weighted by Gasteiger charge is -2.39. The van der Waals surface area contributed by atoms with E-state index in [0.29, 0.717) is 0 Å². The van der Waals surface area contributed by atoms with E-state index in [1.165, 1.54) is 4.90 Å². The number of likely N-dealkylation sites (N-methyl/N-ethyl adjacent to an activating group) is 1. The van der Waals surface area contributed by atoms with Gasteiger partial charge in [0.15, 0.2) is 0 Å². The van der Waals surface area contributed by atoms with Crippen molar-refractivity contribution in [2.45, 2.75) is 18.9 Å². The first-order chi connectivity index (χ1) is 7.18. The molecule has 0 aromatic heterocycles. The predicted octanol–water partition coefficient (Wildman–Crippen LogP) is -0.961. The molecule has 0 aliphatic carbocycles. The fraction of sp³-hybridized carbons (Fsp3) is 0.800. The minimum atomic E-state index is 0.0418. The third-order valence-electron chi connectivity index (χ3n) is 3.14. The van der Waals surface area contributed by atoms with Crippen LogP contribution in [0.2, 0.25) is 0 Å². The van der Waals surface area contributed by atoms with E-state index in [4.69, 9.17) is 0 Å². The van der Waals surface area contributed by atoms with Crippen LogP contribution in [0.5, 0.6) is 0 Å². The third-order valence-corrected chi connectivity index (χ3v) is 3.14. The topological polar surface area (TPSA) is 52.7 Å². The van der Waals surface area contributed by atoms with E-state index in [1.54, 1.807) is 11.9 Å². The summed E-state index contributed by atoms with van der Waals surface area (Å²) in [7, 11) is 1.68. The summed E-state index contributed by atoms with van der Waals surface area (Å²) in [6.45, 7) is 2.33. The predicted molar refractivity (Wildman–Crippen MR) is 55.2 cm³/mol. The maximum atomic E-state index is 11.8. The highest BCUT2D eigenvalue weighted by atomic mass is 16.2. The number of nitrogens with one attached hydrogen (secondary N) is 1. The largest absolute Gasteiger partial charge is 0.335 e. The monoisotopic (exact) mass is 211 g/mol. The van der Waals surface area contributed by atoms with E-state index in [9.17, 15) is 9.59 Å². The first kappa shape index (κ1) is 10.4. The summed E-state index contributed by atoms with van der Waals surface area (Å²) in [6, 6.07) is 0.212. The molecule has 1 N–H and O–H groups in total. The molecule has 2 fully saturated rings. The average Bonchev–Trinajstić information content (AvgIpc) is 2.25. The van der Waals surface area contributed by atoms with Gasteiger partial charge in [0.25, 0.3) is 0 Å². The second kappa shape index (κ2) is 4.18. The van der Waals surface area contributed by atoms with Crippen LogP contribution in [0.3, 0.4) is 0 Å². The van der Waals surface area contributed by atoms with Gasteiger partial charge in [-0.05, 0) is 19.4 Å². The quantitative estimate of drug-likeness (QED) is 0.608. The SMILES string of the molecule is CN1CC(=O)N(C2CCCNC2)CC1=O. The Bertz CT molecular complexity index is 274. The van der Waals surface area contributed by atoms with Crippen LogP contribution in [0.1, 0.15) is 12.8 Å². The number of hydrogen-bond acceptors (Lipinski definition) is 3. The van der Waals surface area contributed by atoms with Crippen LogP contribution in [0.25, 0.3) is 0 Å². The minimum Gasteiger partial charge on any atom is -0.335 e. The number of carbonyl (C=O) groups excluding carboxylic acids is 2. The molecule has 1 unspecified atom stereocenters. The molecule has 1 atom stereocenters. The molecule has 0 saturated carbocycles. The van der Waals surface area contributed by atoms with Crippen molar-refractivity contribution in [2.24, 2.45) is 0 Å². The van der Waals surface area contributed by atoms with Crippen molar-refractivity contribution in [1.82, 2.24) is 15.1 Å². The van der Waals surface area contributed by atoms with E-state index in [1.807, 2.05) is 0 Å². The van der Waals surface area contributed by atoms with Gasteiger partial charge in [0.1, 0.15) is 6.54 Å². The van der Waals surface area contributed by atoms with Gasteiger partial charge in [0.05, 0.1) is 6.54 Å². The Morgan fingerprint density at radius 1 is 1.27 bits per heavy atom. The zero-order valence-corrected chi connectivity index (χ0v) is 9.03. The fourth-order valence-corrected chi connectivity index (χ4v) is 2.17. The van der Waals surface area contributed by atoms with Crippen molar-refractivity contribution in [3.05, 3.63) is 0 Å². The van der Waals surface area contributed by atoms with E-state index in [-0.39, 0.29) is 30.9 Å². The van der Waals surface area contributed by atoms with Gasteiger partial charge in [-0.25, -0.2) is 0 Å². The smallest absolute Gasteiger partial charge is 0.242 e. The Kier molecular flexibility index (Phi) is 2.90. The Morgan fingerprint density at radius 2 is 2.07 bits per heavy atom. The number of piperazine rings is 1. The van der Waals surface area contributed by atoms with Crippen LogP contribution in [-0.4, -0.2) is 60.9 Å². The van der Waals surface area contributed by atoms with Crippen LogP contribution in [0, 0.1) is 0 Å². The van der Waals surface area contributed by atoms with Crippen LogP contribution in [0.4, 0.5) is 0 Å².